The number of nitrogens with zero attached hydrogens (tertiary/aromatic N) is 3. The molecule has 4 aliphatic rings. The molecule has 8 aromatic carbocycles. The number of hydrogen-bond acceptors (Lipinski definition) is 4. The van der Waals surface area contributed by atoms with Crippen molar-refractivity contribution in [2.75, 3.05) is 14.7 Å². The van der Waals surface area contributed by atoms with Gasteiger partial charge in [-0.2, -0.15) is 0 Å². The zero-order valence-electron chi connectivity index (χ0n) is 45.0. The van der Waals surface area contributed by atoms with Crippen molar-refractivity contribution in [1.29, 1.82) is 0 Å². The minimum atomic E-state index is -0.00960. The molecule has 2 aliphatic carbocycles. The lowest BCUT2D eigenvalue weighted by Crippen LogP contribution is -2.61. The maximum Gasteiger partial charge on any atom is 0.252 e. The number of thiophene rings is 1. The van der Waals surface area contributed by atoms with E-state index in [4.69, 9.17) is 0 Å². The van der Waals surface area contributed by atoms with Gasteiger partial charge < -0.3 is 14.7 Å². The Morgan fingerprint density at radius 2 is 1.10 bits per heavy atom. The fourth-order valence-electron chi connectivity index (χ4n) is 14.0. The molecule has 0 spiro atoms. The third kappa shape index (κ3) is 7.04. The first-order valence-electron chi connectivity index (χ1n) is 26.8. The topological polar surface area (TPSA) is 9.72 Å². The smallest absolute Gasteiger partial charge is 0.252 e. The van der Waals surface area contributed by atoms with Gasteiger partial charge in [0.2, 0.25) is 0 Å². The molecule has 0 atom stereocenters. The molecule has 3 heterocycles. The number of fused-ring (bicyclic) bond motifs is 9. The molecule has 13 rings (SSSR count). The molecule has 0 unspecified atom stereocenters. The number of hydrogen-bond donors (Lipinski definition) is 0. The maximum atomic E-state index is 2.69. The van der Waals surface area contributed by atoms with Crippen molar-refractivity contribution in [2.24, 2.45) is 0 Å². The Morgan fingerprint density at radius 1 is 0.479 bits per heavy atom. The molecule has 3 nitrogen and oxygen atoms in total. The number of benzene rings is 8. The highest BCUT2D eigenvalue weighted by atomic mass is 32.1. The quantitative estimate of drug-likeness (QED) is 0.159. The fraction of sp³-hybridized carbons (Fsp3) is 0.294. The highest BCUT2D eigenvalue weighted by Gasteiger charge is 2.49. The predicted octanol–water partition coefficient (Wildman–Crippen LogP) is 17.5. The number of anilines is 9. The lowest BCUT2D eigenvalue weighted by atomic mass is 9.33. The average molecular weight is 970 g/mol. The number of para-hydroxylation sites is 2. The van der Waals surface area contributed by atoms with Gasteiger partial charge >= 0.3 is 0 Å². The predicted molar refractivity (Wildman–Crippen MR) is 317 cm³/mol. The van der Waals surface area contributed by atoms with Crippen LogP contribution in [0.4, 0.5) is 51.2 Å². The standard InChI is InChI=1S/C68H68BN3S/c1-42-34-58-63-59(35-42)72(55-24-19-25-60-62(55)48-29-26-43(64(2,3)4)36-61(48)73-60)56-38-47(70(44-20-15-13-16-21-44)45-22-17-14-18-23-45)28-31-53(56)69(63)54-39-51-52(68(11,12)41-67(51,9)10)40-57(54)71(58)46-27-30-49-50(37-46)66(7,8)33-32-65(49,5)6/h13-31,34-40H,32-33,41H2,1-12H3. The van der Waals surface area contributed by atoms with E-state index >= 15 is 0 Å². The molecule has 0 fully saturated rings. The van der Waals surface area contributed by atoms with Gasteiger partial charge in [-0.1, -0.05) is 149 Å². The van der Waals surface area contributed by atoms with E-state index in [1.54, 1.807) is 0 Å². The summed E-state index contributed by atoms with van der Waals surface area (Å²) in [6.07, 6.45) is 3.48. The van der Waals surface area contributed by atoms with Gasteiger partial charge in [0, 0.05) is 65.7 Å². The van der Waals surface area contributed by atoms with Crippen molar-refractivity contribution in [3.8, 4) is 0 Å². The first kappa shape index (κ1) is 46.2. The van der Waals surface area contributed by atoms with Crippen LogP contribution in [0.15, 0.2) is 158 Å². The Morgan fingerprint density at radius 3 is 1.77 bits per heavy atom. The SMILES string of the molecule is Cc1cc2c3c(c1)N(c1cccc4sc5cc(C(C)(C)C)ccc5c14)c1cc(N(c4ccccc4)c4ccccc4)ccc1B3c1cc3c(cc1N2c1ccc2c(c1)C(C)(C)CCC2(C)C)C(C)(C)CC3(C)C. The van der Waals surface area contributed by atoms with Crippen molar-refractivity contribution in [1.82, 2.24) is 0 Å². The minimum absolute atomic E-state index is 0.00960. The van der Waals surface area contributed by atoms with Gasteiger partial charge in [0.05, 0.1) is 5.69 Å². The van der Waals surface area contributed by atoms with Gasteiger partial charge in [-0.3, -0.25) is 0 Å². The number of aryl methyl sites for hydroxylation is 1. The maximum absolute atomic E-state index is 2.69. The normalized spacial score (nSPS) is 17.5. The van der Waals surface area contributed by atoms with Crippen LogP contribution in [0.2, 0.25) is 0 Å². The Bertz CT molecular complexity index is 3700. The van der Waals surface area contributed by atoms with Gasteiger partial charge in [-0.25, -0.2) is 0 Å². The first-order chi connectivity index (χ1) is 34.7. The monoisotopic (exact) mass is 970 g/mol. The molecule has 0 radical (unpaired) electrons. The lowest BCUT2D eigenvalue weighted by Gasteiger charge is -2.46. The summed E-state index contributed by atoms with van der Waals surface area (Å²) in [6, 6.07) is 61.2. The molecule has 2 aliphatic heterocycles. The summed E-state index contributed by atoms with van der Waals surface area (Å²) in [4.78, 5) is 7.79. The second-order valence-electron chi connectivity index (χ2n) is 25.7. The Kier molecular flexibility index (Phi) is 9.97. The highest BCUT2D eigenvalue weighted by molar-refractivity contribution is 7.26. The van der Waals surface area contributed by atoms with Gasteiger partial charge in [0.25, 0.3) is 6.71 Å². The van der Waals surface area contributed by atoms with Crippen molar-refractivity contribution >= 4 is 106 Å². The van der Waals surface area contributed by atoms with Crippen LogP contribution in [0, 0.1) is 6.92 Å². The van der Waals surface area contributed by atoms with E-state index in [9.17, 15) is 0 Å². The molecule has 0 amide bonds. The minimum Gasteiger partial charge on any atom is -0.311 e. The summed E-state index contributed by atoms with van der Waals surface area (Å²) >= 11 is 1.92. The molecule has 1 aromatic heterocycles. The molecule has 5 heteroatoms. The molecule has 364 valence electrons. The van der Waals surface area contributed by atoms with Crippen molar-refractivity contribution in [3.05, 3.63) is 191 Å². The summed E-state index contributed by atoms with van der Waals surface area (Å²) in [5, 5.41) is 2.62. The van der Waals surface area contributed by atoms with Crippen molar-refractivity contribution in [2.45, 2.75) is 129 Å². The van der Waals surface area contributed by atoms with Crippen LogP contribution in [0.25, 0.3) is 20.2 Å². The van der Waals surface area contributed by atoms with Gasteiger partial charge in [0.1, 0.15) is 0 Å². The second kappa shape index (κ2) is 15.7. The molecular weight excluding hydrogens is 902 g/mol. The van der Waals surface area contributed by atoms with Crippen LogP contribution < -0.4 is 31.1 Å². The largest absolute Gasteiger partial charge is 0.311 e. The van der Waals surface area contributed by atoms with E-state index in [0.29, 0.717) is 0 Å². The van der Waals surface area contributed by atoms with Crippen LogP contribution in [0.5, 0.6) is 0 Å². The van der Waals surface area contributed by atoms with Crippen molar-refractivity contribution in [3.63, 3.8) is 0 Å². The van der Waals surface area contributed by atoms with E-state index < -0.39 is 0 Å². The fourth-order valence-corrected chi connectivity index (χ4v) is 15.2. The average Bonchev–Trinajstić information content (AvgIpc) is 3.82. The van der Waals surface area contributed by atoms with E-state index in [1.807, 2.05) is 11.3 Å². The molecule has 0 saturated carbocycles. The molecular formula is C68H68BN3S. The molecule has 9 aromatic rings. The van der Waals surface area contributed by atoms with E-state index in [1.165, 1.54) is 117 Å². The molecule has 0 saturated heterocycles. The van der Waals surface area contributed by atoms with Crippen LogP contribution in [-0.4, -0.2) is 6.71 Å². The second-order valence-corrected chi connectivity index (χ2v) is 26.8. The van der Waals surface area contributed by atoms with Crippen LogP contribution >= 0.6 is 11.3 Å². The highest BCUT2D eigenvalue weighted by Crippen LogP contribution is 2.55. The van der Waals surface area contributed by atoms with E-state index in [0.717, 1.165) is 23.5 Å². The van der Waals surface area contributed by atoms with Crippen molar-refractivity contribution < 1.29 is 0 Å². The third-order valence-electron chi connectivity index (χ3n) is 17.6. The zero-order chi connectivity index (χ0) is 50.7. The van der Waals surface area contributed by atoms with Crippen LogP contribution in [0.3, 0.4) is 0 Å². The van der Waals surface area contributed by atoms with Gasteiger partial charge in [-0.05, 0) is 188 Å². The Balaban J connectivity index is 1.14. The Labute approximate surface area is 438 Å². The summed E-state index contributed by atoms with van der Waals surface area (Å²) in [7, 11) is 0. The summed E-state index contributed by atoms with van der Waals surface area (Å²) < 4.78 is 2.64. The Hall–Kier alpha value is -6.56. The molecule has 0 N–H and O–H groups in total. The van der Waals surface area contributed by atoms with E-state index in [-0.39, 0.29) is 33.8 Å². The lowest BCUT2D eigenvalue weighted by molar-refractivity contribution is 0.332. The molecule has 73 heavy (non-hydrogen) atoms. The van der Waals surface area contributed by atoms with Gasteiger partial charge in [-0.15, -0.1) is 11.3 Å². The molecule has 0 bridgehead atoms. The van der Waals surface area contributed by atoms with E-state index in [2.05, 4.69) is 256 Å². The van der Waals surface area contributed by atoms with Gasteiger partial charge in [0.15, 0.2) is 0 Å². The summed E-state index contributed by atoms with van der Waals surface area (Å²) in [5.74, 6) is 0. The summed E-state index contributed by atoms with van der Waals surface area (Å²) in [6.45, 7) is 29.0. The summed E-state index contributed by atoms with van der Waals surface area (Å²) in [5.41, 5.74) is 23.9. The van der Waals surface area contributed by atoms with Crippen LogP contribution in [-0.2, 0) is 27.1 Å². The third-order valence-corrected chi connectivity index (χ3v) is 18.8. The number of rotatable bonds is 5. The zero-order valence-corrected chi connectivity index (χ0v) is 45.8. The first-order valence-corrected chi connectivity index (χ1v) is 27.6. The van der Waals surface area contributed by atoms with Crippen LogP contribution in [0.1, 0.15) is 129 Å².